The number of aryl methyl sites for hydroxylation is 3. The number of hydrogen-bond acceptors (Lipinski definition) is 4. The molecule has 0 saturated heterocycles. The molecule has 0 spiro atoms. The lowest BCUT2D eigenvalue weighted by molar-refractivity contribution is 0.318. The summed E-state index contributed by atoms with van der Waals surface area (Å²) >= 11 is 0. The Kier molecular flexibility index (Phi) is 5.72. The number of hydrogen-bond donors (Lipinski definition) is 2. The minimum Gasteiger partial charge on any atom is -0.493 e. The lowest BCUT2D eigenvalue weighted by Crippen LogP contribution is -2.15. The summed E-state index contributed by atoms with van der Waals surface area (Å²) in [6.45, 7) is 5.20. The fourth-order valence-corrected chi connectivity index (χ4v) is 2.16. The first-order chi connectivity index (χ1) is 10.6. The van der Waals surface area contributed by atoms with Crippen LogP contribution in [0.2, 0.25) is 0 Å². The van der Waals surface area contributed by atoms with Crippen molar-refractivity contribution in [1.82, 2.24) is 9.97 Å². The molecule has 0 bridgehead atoms. The van der Waals surface area contributed by atoms with E-state index in [0.29, 0.717) is 25.4 Å². The molecule has 5 nitrogen and oxygen atoms in total. The average molecular weight is 301 g/mol. The van der Waals surface area contributed by atoms with Gasteiger partial charge in [0.05, 0.1) is 6.61 Å². The van der Waals surface area contributed by atoms with Gasteiger partial charge >= 0.3 is 0 Å². The van der Waals surface area contributed by atoms with Gasteiger partial charge in [-0.05, 0) is 56.5 Å². The van der Waals surface area contributed by atoms with Crippen LogP contribution in [-0.2, 0) is 12.8 Å². The van der Waals surface area contributed by atoms with Crippen molar-refractivity contribution >= 4 is 0 Å². The van der Waals surface area contributed by atoms with Gasteiger partial charge in [-0.15, -0.1) is 0 Å². The van der Waals surface area contributed by atoms with Crippen LogP contribution in [0.5, 0.6) is 5.75 Å². The third-order valence-electron chi connectivity index (χ3n) is 3.57. The first-order valence-electron chi connectivity index (χ1n) is 7.57. The highest BCUT2D eigenvalue weighted by molar-refractivity contribution is 5.33. The van der Waals surface area contributed by atoms with Gasteiger partial charge in [0.2, 0.25) is 0 Å². The van der Waals surface area contributed by atoms with Crippen LogP contribution in [-0.4, -0.2) is 23.1 Å². The molecule has 0 radical (unpaired) electrons. The van der Waals surface area contributed by atoms with Gasteiger partial charge in [-0.2, -0.15) is 0 Å². The summed E-state index contributed by atoms with van der Waals surface area (Å²) in [5, 5.41) is 0. The number of nitrogens with one attached hydrogen (secondary N) is 1. The summed E-state index contributed by atoms with van der Waals surface area (Å²) in [5.41, 5.74) is 8.59. The van der Waals surface area contributed by atoms with Gasteiger partial charge in [-0.3, -0.25) is 4.79 Å². The van der Waals surface area contributed by atoms with Gasteiger partial charge in [0.15, 0.2) is 0 Å². The van der Waals surface area contributed by atoms with Crippen molar-refractivity contribution in [2.75, 3.05) is 13.2 Å². The molecule has 1 aromatic carbocycles. The topological polar surface area (TPSA) is 81.0 Å². The van der Waals surface area contributed by atoms with Crippen LogP contribution < -0.4 is 16.0 Å². The molecule has 1 heterocycles. The molecule has 0 unspecified atom stereocenters. The third kappa shape index (κ3) is 4.70. The first-order valence-corrected chi connectivity index (χ1v) is 7.57. The van der Waals surface area contributed by atoms with E-state index in [-0.39, 0.29) is 5.56 Å². The average Bonchev–Trinajstić information content (AvgIpc) is 2.48. The molecule has 0 aliphatic rings. The summed E-state index contributed by atoms with van der Waals surface area (Å²) in [6.07, 6.45) is 2.12. The summed E-state index contributed by atoms with van der Waals surface area (Å²) in [7, 11) is 0. The van der Waals surface area contributed by atoms with E-state index in [1.165, 1.54) is 17.2 Å². The molecule has 0 saturated carbocycles. The van der Waals surface area contributed by atoms with E-state index < -0.39 is 0 Å². The fourth-order valence-electron chi connectivity index (χ4n) is 2.16. The number of H-pyrrole nitrogens is 1. The van der Waals surface area contributed by atoms with E-state index in [1.54, 1.807) is 0 Å². The third-order valence-corrected chi connectivity index (χ3v) is 3.57. The second kappa shape index (κ2) is 7.75. The maximum Gasteiger partial charge on any atom is 0.251 e. The summed E-state index contributed by atoms with van der Waals surface area (Å²) < 4.78 is 5.72. The maximum atomic E-state index is 11.6. The number of nitrogens with two attached hydrogens (primary N) is 1. The predicted octanol–water partition coefficient (Wildman–Crippen LogP) is 1.90. The Morgan fingerprint density at radius 3 is 2.73 bits per heavy atom. The fraction of sp³-hybridized carbons (Fsp3) is 0.412. The number of nitrogens with zero attached hydrogens (tertiary/aromatic N) is 1. The Balaban J connectivity index is 1.94. The van der Waals surface area contributed by atoms with Crippen molar-refractivity contribution in [2.45, 2.75) is 33.1 Å². The molecule has 3 N–H and O–H groups in total. The zero-order chi connectivity index (χ0) is 15.9. The van der Waals surface area contributed by atoms with Crippen LogP contribution in [0.3, 0.4) is 0 Å². The lowest BCUT2D eigenvalue weighted by atomic mass is 10.1. The highest BCUT2D eigenvalue weighted by Crippen LogP contribution is 2.16. The Morgan fingerprint density at radius 2 is 2.00 bits per heavy atom. The monoisotopic (exact) mass is 301 g/mol. The summed E-state index contributed by atoms with van der Waals surface area (Å²) in [4.78, 5) is 18.8. The van der Waals surface area contributed by atoms with Crippen LogP contribution in [0.15, 0.2) is 29.1 Å². The molecule has 2 aromatic rings. The highest BCUT2D eigenvalue weighted by Gasteiger charge is 2.03. The van der Waals surface area contributed by atoms with Crippen LogP contribution in [0.4, 0.5) is 0 Å². The van der Waals surface area contributed by atoms with Crippen LogP contribution >= 0.6 is 0 Å². The molecule has 0 atom stereocenters. The van der Waals surface area contributed by atoms with Gasteiger partial charge in [0.1, 0.15) is 11.6 Å². The minimum atomic E-state index is -0.122. The SMILES string of the molecule is Cc1ccc(OCCc2nc(CCCN)cc(=O)[nH]2)cc1C. The lowest BCUT2D eigenvalue weighted by Gasteiger charge is -2.08. The van der Waals surface area contributed by atoms with E-state index in [9.17, 15) is 4.79 Å². The molecule has 118 valence electrons. The van der Waals surface area contributed by atoms with Crippen molar-refractivity contribution in [3.63, 3.8) is 0 Å². The molecule has 0 amide bonds. The van der Waals surface area contributed by atoms with Crippen LogP contribution in [0, 0.1) is 13.8 Å². The van der Waals surface area contributed by atoms with Crippen molar-refractivity contribution in [2.24, 2.45) is 5.73 Å². The largest absolute Gasteiger partial charge is 0.493 e. The Labute approximate surface area is 130 Å². The van der Waals surface area contributed by atoms with Gasteiger partial charge in [-0.1, -0.05) is 6.07 Å². The van der Waals surface area contributed by atoms with E-state index in [0.717, 1.165) is 24.3 Å². The van der Waals surface area contributed by atoms with Gasteiger partial charge < -0.3 is 15.5 Å². The van der Waals surface area contributed by atoms with Crippen molar-refractivity contribution in [1.29, 1.82) is 0 Å². The highest BCUT2D eigenvalue weighted by atomic mass is 16.5. The van der Waals surface area contributed by atoms with Gasteiger partial charge in [-0.25, -0.2) is 4.98 Å². The summed E-state index contributed by atoms with van der Waals surface area (Å²) in [6, 6.07) is 7.54. The summed E-state index contributed by atoms with van der Waals surface area (Å²) in [5.74, 6) is 1.49. The quantitative estimate of drug-likeness (QED) is 0.818. The number of aromatic nitrogens is 2. The van der Waals surface area contributed by atoms with Gasteiger partial charge in [0.25, 0.3) is 5.56 Å². The Morgan fingerprint density at radius 1 is 1.18 bits per heavy atom. The Bertz CT molecular complexity index is 680. The predicted molar refractivity (Wildman–Crippen MR) is 87.3 cm³/mol. The zero-order valence-electron chi connectivity index (χ0n) is 13.2. The molecule has 22 heavy (non-hydrogen) atoms. The van der Waals surface area contributed by atoms with E-state index >= 15 is 0 Å². The second-order valence-electron chi connectivity index (χ2n) is 5.42. The van der Waals surface area contributed by atoms with E-state index in [2.05, 4.69) is 23.8 Å². The molecule has 2 rings (SSSR count). The Hall–Kier alpha value is -2.14. The van der Waals surface area contributed by atoms with E-state index in [4.69, 9.17) is 10.5 Å². The maximum absolute atomic E-state index is 11.6. The minimum absolute atomic E-state index is 0.122. The molecule has 0 aliphatic carbocycles. The van der Waals surface area contributed by atoms with Crippen molar-refractivity contribution in [3.05, 3.63) is 57.3 Å². The number of benzene rings is 1. The normalized spacial score (nSPS) is 10.7. The standard InChI is InChI=1S/C17H23N3O2/c1-12-5-6-15(10-13(12)2)22-9-7-16-19-14(4-3-8-18)11-17(21)20-16/h5-6,10-11H,3-4,7-9,18H2,1-2H3,(H,19,20,21). The molecular weight excluding hydrogens is 278 g/mol. The molecule has 0 fully saturated rings. The second-order valence-corrected chi connectivity index (χ2v) is 5.42. The molecule has 1 aromatic heterocycles. The van der Waals surface area contributed by atoms with Crippen LogP contribution in [0.25, 0.3) is 0 Å². The number of ether oxygens (including phenoxy) is 1. The molecule has 0 aliphatic heterocycles. The number of aromatic amines is 1. The van der Waals surface area contributed by atoms with Gasteiger partial charge in [0, 0.05) is 18.2 Å². The molecular formula is C17H23N3O2. The van der Waals surface area contributed by atoms with Crippen LogP contribution in [0.1, 0.15) is 29.1 Å². The van der Waals surface area contributed by atoms with Crippen molar-refractivity contribution < 1.29 is 4.74 Å². The van der Waals surface area contributed by atoms with E-state index in [1.807, 2.05) is 18.2 Å². The molecule has 5 heteroatoms. The number of rotatable bonds is 7. The smallest absolute Gasteiger partial charge is 0.251 e. The zero-order valence-corrected chi connectivity index (χ0v) is 13.2. The van der Waals surface area contributed by atoms with Crippen molar-refractivity contribution in [3.8, 4) is 5.75 Å². The first kappa shape index (κ1) is 16.2.